The summed E-state index contributed by atoms with van der Waals surface area (Å²) in [6.07, 6.45) is 9.36. The lowest BCUT2D eigenvalue weighted by Gasteiger charge is -2.53. The van der Waals surface area contributed by atoms with Gasteiger partial charge in [-0.25, -0.2) is 14.8 Å². The van der Waals surface area contributed by atoms with Crippen molar-refractivity contribution in [2.75, 3.05) is 31.5 Å². The number of likely N-dealkylation sites (tertiary alicyclic amines) is 2. The number of aromatic amines is 1. The first kappa shape index (κ1) is 23.5. The van der Waals surface area contributed by atoms with E-state index < -0.39 is 0 Å². The molecule has 0 unspecified atom stereocenters. The van der Waals surface area contributed by atoms with E-state index >= 15 is 0 Å². The maximum atomic E-state index is 12.7. The van der Waals surface area contributed by atoms with E-state index in [-0.39, 0.29) is 11.6 Å². The Morgan fingerprint density at radius 1 is 1.24 bits per heavy atom. The number of nitrogens with zero attached hydrogens (tertiary/aromatic N) is 7. The van der Waals surface area contributed by atoms with Crippen molar-refractivity contribution in [2.24, 2.45) is 0 Å². The number of nitrogens with one attached hydrogen (secondary N) is 2. The number of amides is 2. The maximum Gasteiger partial charge on any atom is 0.321 e. The third-order valence-corrected chi connectivity index (χ3v) is 7.68. The van der Waals surface area contributed by atoms with Gasteiger partial charge in [0.25, 0.3) is 0 Å². The Kier molecular flexibility index (Phi) is 6.02. The number of nitriles is 1. The van der Waals surface area contributed by atoms with Crippen LogP contribution in [0, 0.1) is 11.3 Å². The van der Waals surface area contributed by atoms with Crippen LogP contribution in [0.15, 0.2) is 55.2 Å². The lowest BCUT2D eigenvalue weighted by atomic mass is 9.84. The zero-order valence-electron chi connectivity index (χ0n) is 20.1. The topological polar surface area (TPSA) is 119 Å². The molecular formula is C26H26ClN9O. The summed E-state index contributed by atoms with van der Waals surface area (Å²) in [4.78, 5) is 28.8. The van der Waals surface area contributed by atoms with Crippen LogP contribution in [-0.2, 0) is 5.54 Å². The van der Waals surface area contributed by atoms with Crippen LogP contribution in [0.1, 0.15) is 19.3 Å². The van der Waals surface area contributed by atoms with Gasteiger partial charge in [-0.05, 0) is 37.1 Å². The summed E-state index contributed by atoms with van der Waals surface area (Å²) >= 11 is 6.03. The second-order valence-electron chi connectivity index (χ2n) is 9.76. The fourth-order valence-corrected chi connectivity index (χ4v) is 5.65. The molecule has 2 saturated heterocycles. The normalized spacial score (nSPS) is 17.9. The summed E-state index contributed by atoms with van der Waals surface area (Å²) in [5, 5.41) is 18.7. The van der Waals surface area contributed by atoms with Gasteiger partial charge < -0.3 is 15.2 Å². The molecule has 0 atom stereocenters. The first-order chi connectivity index (χ1) is 18.0. The van der Waals surface area contributed by atoms with Crippen LogP contribution >= 0.6 is 11.6 Å². The van der Waals surface area contributed by atoms with E-state index in [1.165, 1.54) is 0 Å². The van der Waals surface area contributed by atoms with Gasteiger partial charge in [-0.3, -0.25) is 9.58 Å². The molecule has 1 aromatic carbocycles. The number of carbonyl (C=O) groups excluding carboxylic acids is 1. The Balaban J connectivity index is 1.09. The van der Waals surface area contributed by atoms with Crippen LogP contribution in [-0.4, -0.2) is 72.8 Å². The van der Waals surface area contributed by atoms with Gasteiger partial charge >= 0.3 is 6.03 Å². The van der Waals surface area contributed by atoms with E-state index in [1.54, 1.807) is 18.5 Å². The lowest BCUT2D eigenvalue weighted by molar-refractivity contribution is -0.0399. The van der Waals surface area contributed by atoms with Crippen LogP contribution in [0.5, 0.6) is 0 Å². The lowest BCUT2D eigenvalue weighted by Crippen LogP contribution is -2.66. The molecule has 188 valence electrons. The summed E-state index contributed by atoms with van der Waals surface area (Å²) in [5.74, 6) is 0. The van der Waals surface area contributed by atoms with Crippen molar-refractivity contribution < 1.29 is 4.79 Å². The molecule has 3 aromatic heterocycles. The number of halogens is 1. The minimum absolute atomic E-state index is 0.103. The second kappa shape index (κ2) is 9.50. The molecule has 11 heteroatoms. The molecule has 0 radical (unpaired) electrons. The number of carbonyl (C=O) groups is 1. The van der Waals surface area contributed by atoms with Crippen LogP contribution in [0.4, 0.5) is 10.5 Å². The Bertz CT molecular complexity index is 1470. The molecule has 5 heterocycles. The third kappa shape index (κ3) is 4.41. The van der Waals surface area contributed by atoms with Crippen molar-refractivity contribution in [3.05, 3.63) is 60.3 Å². The highest BCUT2D eigenvalue weighted by Gasteiger charge is 2.48. The summed E-state index contributed by atoms with van der Waals surface area (Å²) in [6, 6.07) is 11.8. The van der Waals surface area contributed by atoms with Gasteiger partial charge in [0.1, 0.15) is 17.5 Å². The van der Waals surface area contributed by atoms with Crippen molar-refractivity contribution in [2.45, 2.75) is 30.8 Å². The number of urea groups is 1. The summed E-state index contributed by atoms with van der Waals surface area (Å²) < 4.78 is 1.94. The number of hydrogen-bond acceptors (Lipinski definition) is 6. The summed E-state index contributed by atoms with van der Waals surface area (Å²) in [7, 11) is 0. The van der Waals surface area contributed by atoms with Crippen molar-refractivity contribution in [3.8, 4) is 17.3 Å². The summed E-state index contributed by atoms with van der Waals surface area (Å²) in [5.41, 5.74) is 2.85. The van der Waals surface area contributed by atoms with Crippen LogP contribution < -0.4 is 5.32 Å². The zero-order valence-corrected chi connectivity index (χ0v) is 20.9. The second-order valence-corrected chi connectivity index (χ2v) is 10.2. The number of H-pyrrole nitrogens is 1. The van der Waals surface area contributed by atoms with Gasteiger partial charge in [0.05, 0.1) is 24.4 Å². The van der Waals surface area contributed by atoms with Crippen LogP contribution in [0.3, 0.4) is 0 Å². The highest BCUT2D eigenvalue weighted by Crippen LogP contribution is 2.37. The first-order valence-electron chi connectivity index (χ1n) is 12.3. The molecular weight excluding hydrogens is 490 g/mol. The van der Waals surface area contributed by atoms with Gasteiger partial charge in [0.2, 0.25) is 0 Å². The molecule has 6 rings (SSSR count). The van der Waals surface area contributed by atoms with Gasteiger partial charge in [-0.15, -0.1) is 0 Å². The van der Waals surface area contributed by atoms with Crippen molar-refractivity contribution in [1.82, 2.24) is 34.5 Å². The molecule has 37 heavy (non-hydrogen) atoms. The van der Waals surface area contributed by atoms with Gasteiger partial charge in [-0.1, -0.05) is 17.7 Å². The Morgan fingerprint density at radius 3 is 2.86 bits per heavy atom. The van der Waals surface area contributed by atoms with Crippen molar-refractivity contribution in [1.29, 1.82) is 5.26 Å². The number of rotatable bonds is 5. The molecule has 0 bridgehead atoms. The standard InChI is InChI=1S/C26H26ClN9O/c27-19-2-1-3-20(12-19)33-25(37)34-10-5-21(6-11-34)35-15-26(16-35,7-8-28)36-14-18(13-32-36)23-22-4-9-29-24(22)31-17-30-23/h1-4,9,12-14,17,21H,5-7,10-11,15-16H2,(H,33,37)(H,29,30,31). The third-order valence-electron chi connectivity index (χ3n) is 7.44. The van der Waals surface area contributed by atoms with Crippen LogP contribution in [0.2, 0.25) is 5.02 Å². The van der Waals surface area contributed by atoms with Crippen LogP contribution in [0.25, 0.3) is 22.3 Å². The zero-order chi connectivity index (χ0) is 25.4. The molecule has 2 N–H and O–H groups in total. The number of benzene rings is 1. The highest BCUT2D eigenvalue weighted by molar-refractivity contribution is 6.30. The van der Waals surface area contributed by atoms with E-state index in [9.17, 15) is 10.1 Å². The molecule has 0 aliphatic carbocycles. The van der Waals surface area contributed by atoms with Gasteiger partial charge in [0.15, 0.2) is 0 Å². The highest BCUT2D eigenvalue weighted by atomic mass is 35.5. The van der Waals surface area contributed by atoms with E-state index in [0.717, 1.165) is 48.2 Å². The minimum atomic E-state index is -0.363. The molecule has 2 amide bonds. The number of piperidine rings is 1. The van der Waals surface area contributed by atoms with E-state index in [1.807, 2.05) is 46.4 Å². The molecule has 4 aromatic rings. The largest absolute Gasteiger partial charge is 0.346 e. The number of anilines is 1. The average Bonchev–Trinajstić information content (AvgIpc) is 3.56. The van der Waals surface area contributed by atoms with E-state index in [0.29, 0.717) is 36.3 Å². The number of fused-ring (bicyclic) bond motifs is 1. The quantitative estimate of drug-likeness (QED) is 0.413. The van der Waals surface area contributed by atoms with E-state index in [4.69, 9.17) is 11.6 Å². The SMILES string of the molecule is N#CCC1(n2cc(-c3ncnc4[nH]ccc34)cn2)CN(C2CCN(C(=O)Nc3cccc(Cl)c3)CC2)C1. The Morgan fingerprint density at radius 2 is 2.08 bits per heavy atom. The van der Waals surface area contributed by atoms with Crippen molar-refractivity contribution >= 4 is 34.4 Å². The number of hydrogen-bond donors (Lipinski definition) is 2. The minimum Gasteiger partial charge on any atom is -0.346 e. The fraction of sp³-hybridized carbons (Fsp3) is 0.346. The van der Waals surface area contributed by atoms with Gasteiger partial charge in [-0.2, -0.15) is 10.4 Å². The van der Waals surface area contributed by atoms with Crippen molar-refractivity contribution in [3.63, 3.8) is 0 Å². The predicted molar refractivity (Wildman–Crippen MR) is 140 cm³/mol. The smallest absolute Gasteiger partial charge is 0.321 e. The molecule has 2 aliphatic rings. The molecule has 2 fully saturated rings. The van der Waals surface area contributed by atoms with Gasteiger partial charge in [0, 0.05) is 66.3 Å². The first-order valence-corrected chi connectivity index (χ1v) is 12.7. The monoisotopic (exact) mass is 515 g/mol. The average molecular weight is 516 g/mol. The summed E-state index contributed by atoms with van der Waals surface area (Å²) in [6.45, 7) is 2.88. The van der Waals surface area contributed by atoms with E-state index in [2.05, 4.69) is 36.3 Å². The molecule has 0 saturated carbocycles. The Labute approximate surface area is 218 Å². The number of aromatic nitrogens is 5. The molecule has 0 spiro atoms. The molecule has 2 aliphatic heterocycles. The predicted octanol–water partition coefficient (Wildman–Crippen LogP) is 4.10. The Hall–Kier alpha value is -3.94. The maximum absolute atomic E-state index is 12.7. The fourth-order valence-electron chi connectivity index (χ4n) is 5.46. The molecule has 10 nitrogen and oxygen atoms in total.